The topological polar surface area (TPSA) is 97.4 Å². The van der Waals surface area contributed by atoms with E-state index in [0.717, 1.165) is 6.42 Å². The molecule has 0 radical (unpaired) electrons. The van der Waals surface area contributed by atoms with Gasteiger partial charge in [-0.3, -0.25) is 9.59 Å². The van der Waals surface area contributed by atoms with E-state index in [-0.39, 0.29) is 24.5 Å². The average Bonchev–Trinajstić information content (AvgIpc) is 2.93. The van der Waals surface area contributed by atoms with Gasteiger partial charge >= 0.3 is 6.09 Å². The number of hydrogen-bond acceptors (Lipinski definition) is 6. The van der Waals surface area contributed by atoms with Crippen LogP contribution in [-0.2, 0) is 14.3 Å². The molecule has 0 bridgehead atoms. The number of alkyl carbamates (subject to hydrolysis) is 1. The fourth-order valence-electron chi connectivity index (χ4n) is 3.37. The molecule has 1 N–H and O–H groups in total. The summed E-state index contributed by atoms with van der Waals surface area (Å²) in [5.41, 5.74) is -0.125. The second-order valence-corrected chi connectivity index (χ2v) is 8.54. The number of likely N-dealkylation sites (N-methyl/N-ethyl adjacent to an activating group) is 2. The Kier molecular flexibility index (Phi) is 6.09. The van der Waals surface area contributed by atoms with Crippen molar-refractivity contribution in [1.29, 1.82) is 0 Å². The zero-order valence-corrected chi connectivity index (χ0v) is 18.1. The van der Waals surface area contributed by atoms with Gasteiger partial charge in [0, 0.05) is 26.6 Å². The van der Waals surface area contributed by atoms with Gasteiger partial charge in [0.25, 0.3) is 5.91 Å². The van der Waals surface area contributed by atoms with Gasteiger partial charge in [0.05, 0.1) is 11.7 Å². The van der Waals surface area contributed by atoms with Crippen LogP contribution in [-0.4, -0.2) is 67.8 Å². The maximum atomic E-state index is 12.9. The minimum atomic E-state index is -0.875. The second kappa shape index (κ2) is 8.41. The lowest BCUT2D eigenvalue weighted by Gasteiger charge is -2.24. The molecular weight excluding hydrogens is 390 g/mol. The molecule has 2 aliphatic heterocycles. The van der Waals surface area contributed by atoms with Crippen LogP contribution in [0, 0.1) is 0 Å². The molecule has 0 unspecified atom stereocenters. The van der Waals surface area contributed by atoms with Crippen LogP contribution >= 0.6 is 0 Å². The Morgan fingerprint density at radius 3 is 2.63 bits per heavy atom. The Labute approximate surface area is 176 Å². The second-order valence-electron chi connectivity index (χ2n) is 8.54. The van der Waals surface area contributed by atoms with Crippen LogP contribution in [0.25, 0.3) is 0 Å². The number of ether oxygens (including phenoxy) is 3. The number of hydrogen-bond donors (Lipinski definition) is 1. The molecule has 2 aliphatic rings. The number of carbonyl (C=O) groups is 3. The molecule has 9 nitrogen and oxygen atoms in total. The van der Waals surface area contributed by atoms with Crippen LogP contribution in [0.15, 0.2) is 18.2 Å². The molecule has 0 aromatic heterocycles. The van der Waals surface area contributed by atoms with Crippen LogP contribution < -0.4 is 19.7 Å². The molecule has 1 aromatic carbocycles. The van der Waals surface area contributed by atoms with Gasteiger partial charge in [-0.15, -0.1) is 0 Å². The van der Waals surface area contributed by atoms with Crippen molar-refractivity contribution in [3.05, 3.63) is 18.2 Å². The molecule has 1 aromatic rings. The van der Waals surface area contributed by atoms with E-state index in [9.17, 15) is 14.4 Å². The van der Waals surface area contributed by atoms with Gasteiger partial charge in [-0.25, -0.2) is 4.79 Å². The number of carbonyl (C=O) groups excluding carboxylic acids is 3. The third-order valence-electron chi connectivity index (χ3n) is 5.09. The molecule has 1 fully saturated rings. The van der Waals surface area contributed by atoms with E-state index in [1.54, 1.807) is 58.0 Å². The Hall–Kier alpha value is -2.97. The van der Waals surface area contributed by atoms with Crippen LogP contribution in [0.5, 0.6) is 11.5 Å². The first-order chi connectivity index (χ1) is 14.0. The van der Waals surface area contributed by atoms with E-state index >= 15 is 0 Å². The lowest BCUT2D eigenvalue weighted by molar-refractivity contribution is -0.128. The smallest absolute Gasteiger partial charge is 0.408 e. The summed E-state index contributed by atoms with van der Waals surface area (Å²) in [5.74, 6) is 0.883. The molecule has 9 heteroatoms. The Morgan fingerprint density at radius 1 is 1.27 bits per heavy atom. The predicted octanol–water partition coefficient (Wildman–Crippen LogP) is 1.93. The SMILES string of the molecule is CN1C(=O)[C@@H](NC(=O)OC(C)(C)C)COc2ccc(OC[C@H]3CCC(=O)N3C)cc21. The number of rotatable bonds is 4. The van der Waals surface area contributed by atoms with Crippen molar-refractivity contribution >= 4 is 23.6 Å². The summed E-state index contributed by atoms with van der Waals surface area (Å²) >= 11 is 0. The Morgan fingerprint density at radius 2 is 2.00 bits per heavy atom. The molecule has 3 amide bonds. The molecule has 164 valence electrons. The van der Waals surface area contributed by atoms with E-state index in [1.807, 2.05) is 0 Å². The van der Waals surface area contributed by atoms with Crippen LogP contribution in [0.2, 0.25) is 0 Å². The molecule has 2 atom stereocenters. The van der Waals surface area contributed by atoms with Gasteiger partial charge in [-0.1, -0.05) is 0 Å². The number of nitrogens with one attached hydrogen (secondary N) is 1. The number of nitrogens with zero attached hydrogens (tertiary/aromatic N) is 2. The Balaban J connectivity index is 1.67. The predicted molar refractivity (Wildman–Crippen MR) is 110 cm³/mol. The largest absolute Gasteiger partial charge is 0.491 e. The highest BCUT2D eigenvalue weighted by Gasteiger charge is 2.32. The third-order valence-corrected chi connectivity index (χ3v) is 5.09. The van der Waals surface area contributed by atoms with E-state index in [0.29, 0.717) is 30.2 Å². The number of benzene rings is 1. The monoisotopic (exact) mass is 419 g/mol. The zero-order valence-electron chi connectivity index (χ0n) is 18.1. The molecule has 0 spiro atoms. The van der Waals surface area contributed by atoms with Crippen molar-refractivity contribution in [2.75, 3.05) is 32.2 Å². The molecule has 3 rings (SSSR count). The maximum absolute atomic E-state index is 12.9. The standard InChI is InChI=1S/C21H29N3O6/c1-21(2,3)30-20(27)22-15-12-29-17-8-7-14(10-16(17)24(5)19(15)26)28-11-13-6-9-18(25)23(13)4/h7-8,10,13,15H,6,9,11-12H2,1-5H3,(H,22,27)/t13-,15+/m1/s1. The van der Waals surface area contributed by atoms with Gasteiger partial charge in [-0.2, -0.15) is 0 Å². The number of likely N-dealkylation sites (tertiary alicyclic amines) is 1. The third kappa shape index (κ3) is 4.95. The highest BCUT2D eigenvalue weighted by molar-refractivity contribution is 6.00. The first-order valence-corrected chi connectivity index (χ1v) is 9.97. The van der Waals surface area contributed by atoms with Crippen LogP contribution in [0.1, 0.15) is 33.6 Å². The fraction of sp³-hybridized carbons (Fsp3) is 0.571. The Bertz CT molecular complexity index is 835. The quantitative estimate of drug-likeness (QED) is 0.801. The summed E-state index contributed by atoms with van der Waals surface area (Å²) < 4.78 is 16.9. The summed E-state index contributed by atoms with van der Waals surface area (Å²) in [7, 11) is 3.39. The first kappa shape index (κ1) is 21.7. The van der Waals surface area contributed by atoms with Crippen molar-refractivity contribution in [2.24, 2.45) is 0 Å². The summed E-state index contributed by atoms with van der Waals surface area (Å²) in [5, 5.41) is 2.57. The van der Waals surface area contributed by atoms with Crippen LogP contribution in [0.3, 0.4) is 0 Å². The van der Waals surface area contributed by atoms with E-state index < -0.39 is 17.7 Å². The molecule has 0 saturated carbocycles. The van der Waals surface area contributed by atoms with Gasteiger partial charge in [0.1, 0.15) is 36.4 Å². The highest BCUT2D eigenvalue weighted by Crippen LogP contribution is 2.34. The van der Waals surface area contributed by atoms with Crippen molar-refractivity contribution in [3.63, 3.8) is 0 Å². The fourth-order valence-corrected chi connectivity index (χ4v) is 3.37. The maximum Gasteiger partial charge on any atom is 0.408 e. The molecule has 30 heavy (non-hydrogen) atoms. The van der Waals surface area contributed by atoms with Crippen molar-refractivity contribution < 1.29 is 28.6 Å². The van der Waals surface area contributed by atoms with Crippen molar-refractivity contribution in [2.45, 2.75) is 51.3 Å². The molecule has 2 heterocycles. The van der Waals surface area contributed by atoms with E-state index in [1.165, 1.54) is 4.90 Å². The summed E-state index contributed by atoms with van der Waals surface area (Å²) in [6, 6.07) is 4.37. The lowest BCUT2D eigenvalue weighted by Crippen LogP contribution is -2.50. The van der Waals surface area contributed by atoms with Crippen molar-refractivity contribution in [3.8, 4) is 11.5 Å². The van der Waals surface area contributed by atoms with E-state index in [2.05, 4.69) is 5.32 Å². The number of fused-ring (bicyclic) bond motifs is 1. The lowest BCUT2D eigenvalue weighted by atomic mass is 10.2. The molecular formula is C21H29N3O6. The summed E-state index contributed by atoms with van der Waals surface area (Å²) in [4.78, 5) is 39.7. The average molecular weight is 419 g/mol. The van der Waals surface area contributed by atoms with Gasteiger partial charge in [0.15, 0.2) is 0 Å². The number of anilines is 1. The summed E-state index contributed by atoms with van der Waals surface area (Å²) in [6.45, 7) is 5.62. The molecule has 0 aliphatic carbocycles. The zero-order chi connectivity index (χ0) is 22.1. The summed E-state index contributed by atoms with van der Waals surface area (Å²) in [6.07, 6.45) is 0.620. The highest BCUT2D eigenvalue weighted by atomic mass is 16.6. The van der Waals surface area contributed by atoms with Gasteiger partial charge in [0.2, 0.25) is 5.91 Å². The first-order valence-electron chi connectivity index (χ1n) is 9.97. The minimum Gasteiger partial charge on any atom is -0.491 e. The van der Waals surface area contributed by atoms with Gasteiger partial charge < -0.3 is 29.3 Å². The van der Waals surface area contributed by atoms with Crippen molar-refractivity contribution in [1.82, 2.24) is 10.2 Å². The van der Waals surface area contributed by atoms with Gasteiger partial charge in [-0.05, 0) is 39.3 Å². The molecule has 1 saturated heterocycles. The normalized spacial score (nSPS) is 21.6. The van der Waals surface area contributed by atoms with Crippen LogP contribution in [0.4, 0.5) is 10.5 Å². The minimum absolute atomic E-state index is 0.00933. The van der Waals surface area contributed by atoms with E-state index in [4.69, 9.17) is 14.2 Å². The number of amides is 3.